The molecule has 0 saturated carbocycles. The van der Waals surface area contributed by atoms with Crippen molar-refractivity contribution in [2.24, 2.45) is 0 Å². The molecule has 8 heteroatoms. The van der Waals surface area contributed by atoms with Gasteiger partial charge >= 0.3 is 0 Å². The molecule has 6 nitrogen and oxygen atoms in total. The number of hydrogen-bond donors (Lipinski definition) is 1. The highest BCUT2D eigenvalue weighted by atomic mass is 35.5. The van der Waals surface area contributed by atoms with Crippen molar-refractivity contribution in [3.05, 3.63) is 85.4 Å². The topological polar surface area (TPSA) is 85.1 Å². The van der Waals surface area contributed by atoms with E-state index in [1.54, 1.807) is 36.4 Å². The molecule has 26 heavy (non-hydrogen) atoms. The molecule has 1 heterocycles. The van der Waals surface area contributed by atoms with Crippen LogP contribution in [0.4, 0.5) is 10.8 Å². The van der Waals surface area contributed by atoms with Crippen LogP contribution in [0.5, 0.6) is 0 Å². The number of anilines is 1. The Bertz CT molecular complexity index is 987. The third-order valence-corrected chi connectivity index (χ3v) is 5.12. The van der Waals surface area contributed by atoms with Gasteiger partial charge in [0.05, 0.1) is 21.2 Å². The standard InChI is InChI=1S/C18H14ClN3O3S/c1-11-16(10-12-5-4-6-13(9-12)22(24)25)26-18(20-11)21-17(23)14-7-2-3-8-15(14)19/h2-9H,10H2,1H3,(H,20,21,23). The Hall–Kier alpha value is -2.77. The number of nitrogens with zero attached hydrogens (tertiary/aromatic N) is 2. The summed E-state index contributed by atoms with van der Waals surface area (Å²) in [6, 6.07) is 13.3. The highest BCUT2D eigenvalue weighted by molar-refractivity contribution is 7.15. The largest absolute Gasteiger partial charge is 0.298 e. The third kappa shape index (κ3) is 4.07. The molecule has 0 spiro atoms. The highest BCUT2D eigenvalue weighted by Crippen LogP contribution is 2.27. The van der Waals surface area contributed by atoms with Crippen molar-refractivity contribution in [2.75, 3.05) is 5.32 Å². The molecule has 0 unspecified atom stereocenters. The van der Waals surface area contributed by atoms with E-state index in [1.807, 2.05) is 13.0 Å². The minimum absolute atomic E-state index is 0.0527. The van der Waals surface area contributed by atoms with Crippen molar-refractivity contribution in [1.29, 1.82) is 0 Å². The van der Waals surface area contributed by atoms with E-state index in [-0.39, 0.29) is 11.6 Å². The number of halogens is 1. The number of nitrogens with one attached hydrogen (secondary N) is 1. The average molecular weight is 388 g/mol. The molecule has 2 aromatic carbocycles. The first kappa shape index (κ1) is 18.0. The van der Waals surface area contributed by atoms with Gasteiger partial charge in [0, 0.05) is 23.4 Å². The molecule has 0 aliphatic carbocycles. The van der Waals surface area contributed by atoms with E-state index in [9.17, 15) is 14.9 Å². The van der Waals surface area contributed by atoms with Crippen LogP contribution in [0.3, 0.4) is 0 Å². The van der Waals surface area contributed by atoms with E-state index in [0.717, 1.165) is 16.1 Å². The Morgan fingerprint density at radius 1 is 1.27 bits per heavy atom. The molecular formula is C18H14ClN3O3S. The Balaban J connectivity index is 1.77. The van der Waals surface area contributed by atoms with Gasteiger partial charge in [0.2, 0.25) is 0 Å². The van der Waals surface area contributed by atoms with Gasteiger partial charge < -0.3 is 0 Å². The maximum absolute atomic E-state index is 12.3. The molecule has 3 aromatic rings. The number of nitro benzene ring substituents is 1. The van der Waals surface area contributed by atoms with Gasteiger partial charge in [-0.15, -0.1) is 11.3 Å². The van der Waals surface area contributed by atoms with Crippen LogP contribution in [0.1, 0.15) is 26.5 Å². The average Bonchev–Trinajstić information content (AvgIpc) is 2.94. The highest BCUT2D eigenvalue weighted by Gasteiger charge is 2.15. The number of rotatable bonds is 5. The first-order valence-electron chi connectivity index (χ1n) is 7.69. The van der Waals surface area contributed by atoms with Crippen LogP contribution in [-0.2, 0) is 6.42 Å². The van der Waals surface area contributed by atoms with Gasteiger partial charge in [-0.3, -0.25) is 20.2 Å². The number of thiazole rings is 1. The van der Waals surface area contributed by atoms with Gasteiger partial charge in [0.25, 0.3) is 11.6 Å². The lowest BCUT2D eigenvalue weighted by molar-refractivity contribution is -0.384. The summed E-state index contributed by atoms with van der Waals surface area (Å²) in [5.41, 5.74) is 2.02. The van der Waals surface area contributed by atoms with Crippen molar-refractivity contribution in [1.82, 2.24) is 4.98 Å². The molecule has 0 aliphatic heterocycles. The Labute approximate surface area is 158 Å². The summed E-state index contributed by atoms with van der Waals surface area (Å²) in [6.07, 6.45) is 0.507. The van der Waals surface area contributed by atoms with Crippen LogP contribution in [0.15, 0.2) is 48.5 Å². The second-order valence-electron chi connectivity index (χ2n) is 5.57. The van der Waals surface area contributed by atoms with Crippen LogP contribution in [0.25, 0.3) is 0 Å². The normalized spacial score (nSPS) is 10.5. The Kier molecular flexibility index (Phi) is 5.29. The Morgan fingerprint density at radius 2 is 2.04 bits per heavy atom. The monoisotopic (exact) mass is 387 g/mol. The van der Waals surface area contributed by atoms with E-state index >= 15 is 0 Å². The number of aromatic nitrogens is 1. The van der Waals surface area contributed by atoms with Crippen LogP contribution in [0.2, 0.25) is 5.02 Å². The van der Waals surface area contributed by atoms with Crippen LogP contribution in [-0.4, -0.2) is 15.8 Å². The van der Waals surface area contributed by atoms with Gasteiger partial charge in [-0.2, -0.15) is 0 Å². The van der Waals surface area contributed by atoms with Gasteiger partial charge in [0.15, 0.2) is 5.13 Å². The summed E-state index contributed by atoms with van der Waals surface area (Å²) in [6.45, 7) is 1.84. The maximum Gasteiger partial charge on any atom is 0.269 e. The van der Waals surface area contributed by atoms with E-state index in [4.69, 9.17) is 11.6 Å². The van der Waals surface area contributed by atoms with E-state index in [0.29, 0.717) is 22.1 Å². The molecule has 0 radical (unpaired) electrons. The molecule has 0 bridgehead atoms. The number of hydrogen-bond acceptors (Lipinski definition) is 5. The molecule has 1 N–H and O–H groups in total. The SMILES string of the molecule is Cc1nc(NC(=O)c2ccccc2Cl)sc1Cc1cccc([N+](=O)[O-])c1. The molecule has 0 fully saturated rings. The molecule has 1 aromatic heterocycles. The summed E-state index contributed by atoms with van der Waals surface area (Å²) in [7, 11) is 0. The number of aryl methyl sites for hydroxylation is 1. The summed E-state index contributed by atoms with van der Waals surface area (Å²) in [4.78, 5) is 28.1. The van der Waals surface area contributed by atoms with Gasteiger partial charge in [-0.25, -0.2) is 4.98 Å². The zero-order valence-electron chi connectivity index (χ0n) is 13.7. The summed E-state index contributed by atoms with van der Waals surface area (Å²) in [5, 5.41) is 14.5. The fourth-order valence-electron chi connectivity index (χ4n) is 2.42. The zero-order chi connectivity index (χ0) is 18.7. The summed E-state index contributed by atoms with van der Waals surface area (Å²) < 4.78 is 0. The molecule has 0 atom stereocenters. The summed E-state index contributed by atoms with van der Waals surface area (Å²) in [5.74, 6) is -0.328. The maximum atomic E-state index is 12.3. The first-order valence-corrected chi connectivity index (χ1v) is 8.89. The van der Waals surface area contributed by atoms with Gasteiger partial charge in [0.1, 0.15) is 0 Å². The quantitative estimate of drug-likeness (QED) is 0.500. The van der Waals surface area contributed by atoms with Crippen molar-refractivity contribution in [2.45, 2.75) is 13.3 Å². The Morgan fingerprint density at radius 3 is 2.77 bits per heavy atom. The predicted molar refractivity (Wildman–Crippen MR) is 102 cm³/mol. The van der Waals surface area contributed by atoms with Crippen molar-refractivity contribution < 1.29 is 9.72 Å². The third-order valence-electron chi connectivity index (χ3n) is 3.72. The summed E-state index contributed by atoms with van der Waals surface area (Å²) >= 11 is 7.38. The van der Waals surface area contributed by atoms with E-state index in [1.165, 1.54) is 17.4 Å². The zero-order valence-corrected chi connectivity index (χ0v) is 15.3. The van der Waals surface area contributed by atoms with Crippen LogP contribution >= 0.6 is 22.9 Å². The molecule has 132 valence electrons. The number of nitro groups is 1. The molecular weight excluding hydrogens is 374 g/mol. The second-order valence-corrected chi connectivity index (χ2v) is 7.06. The fraction of sp³-hybridized carbons (Fsp3) is 0.111. The smallest absolute Gasteiger partial charge is 0.269 e. The number of carbonyl (C=O) groups excluding carboxylic acids is 1. The van der Waals surface area contributed by atoms with Gasteiger partial charge in [-0.05, 0) is 24.6 Å². The lowest BCUT2D eigenvalue weighted by Gasteiger charge is -2.03. The number of carbonyl (C=O) groups is 1. The molecule has 3 rings (SSSR count). The van der Waals surface area contributed by atoms with E-state index < -0.39 is 4.92 Å². The minimum Gasteiger partial charge on any atom is -0.298 e. The van der Waals surface area contributed by atoms with Crippen molar-refractivity contribution >= 4 is 39.7 Å². The first-order chi connectivity index (χ1) is 12.4. The molecule has 0 aliphatic rings. The predicted octanol–water partition coefficient (Wildman–Crippen LogP) is 4.86. The fourth-order valence-corrected chi connectivity index (χ4v) is 3.63. The van der Waals surface area contributed by atoms with Crippen molar-refractivity contribution in [3.8, 4) is 0 Å². The molecule has 0 saturated heterocycles. The van der Waals surface area contributed by atoms with E-state index in [2.05, 4.69) is 10.3 Å². The second kappa shape index (κ2) is 7.63. The minimum atomic E-state index is -0.418. The number of amides is 1. The number of benzene rings is 2. The lowest BCUT2D eigenvalue weighted by atomic mass is 10.1. The van der Waals surface area contributed by atoms with Crippen LogP contribution < -0.4 is 5.32 Å². The van der Waals surface area contributed by atoms with Crippen LogP contribution in [0, 0.1) is 17.0 Å². The number of non-ortho nitro benzene ring substituents is 1. The molecule has 1 amide bonds. The van der Waals surface area contributed by atoms with Crippen molar-refractivity contribution in [3.63, 3.8) is 0 Å². The lowest BCUT2D eigenvalue weighted by Crippen LogP contribution is -2.12. The van der Waals surface area contributed by atoms with Gasteiger partial charge in [-0.1, -0.05) is 35.9 Å².